The van der Waals surface area contributed by atoms with Crippen molar-refractivity contribution in [3.8, 4) is 0 Å². The Kier molecular flexibility index (Phi) is 3.75. The number of allylic oxidation sites excluding steroid dienone is 1. The fraction of sp³-hybridized carbons (Fsp3) is 0.800. The third-order valence-electron chi connectivity index (χ3n) is 7.84. The molecule has 3 nitrogen and oxygen atoms in total. The van der Waals surface area contributed by atoms with Crippen LogP contribution in [0.4, 0.5) is 0 Å². The minimum absolute atomic E-state index is 0.0631. The van der Waals surface area contributed by atoms with E-state index in [1.807, 2.05) is 6.08 Å². The summed E-state index contributed by atoms with van der Waals surface area (Å²) >= 11 is 0. The van der Waals surface area contributed by atoms with E-state index >= 15 is 0 Å². The van der Waals surface area contributed by atoms with Crippen LogP contribution >= 0.6 is 0 Å². The Morgan fingerprint density at radius 2 is 2.00 bits per heavy atom. The second kappa shape index (κ2) is 5.54. The zero-order valence-corrected chi connectivity index (χ0v) is 14.1. The number of carbonyl (C=O) groups is 2. The summed E-state index contributed by atoms with van der Waals surface area (Å²) in [6, 6.07) is 0. The van der Waals surface area contributed by atoms with Crippen LogP contribution in [-0.4, -0.2) is 23.3 Å². The molecular weight excluding hydrogens is 288 g/mol. The summed E-state index contributed by atoms with van der Waals surface area (Å²) in [5.41, 5.74) is 1.53. The molecule has 1 N–H and O–H groups in total. The zero-order chi connectivity index (χ0) is 16.2. The van der Waals surface area contributed by atoms with Crippen LogP contribution in [0.15, 0.2) is 11.6 Å². The Morgan fingerprint density at radius 1 is 1.17 bits per heavy atom. The van der Waals surface area contributed by atoms with E-state index in [2.05, 4.69) is 6.92 Å². The molecule has 0 unspecified atom stereocenters. The third kappa shape index (κ3) is 2.26. The number of hydrogen-bond acceptors (Lipinski definition) is 3. The van der Waals surface area contributed by atoms with Crippen molar-refractivity contribution in [2.24, 2.45) is 35.0 Å². The molecule has 0 saturated heterocycles. The Bertz CT molecular complexity index is 563. The molecule has 0 aromatic carbocycles. The Morgan fingerprint density at radius 3 is 2.78 bits per heavy atom. The van der Waals surface area contributed by atoms with Crippen LogP contribution in [0.3, 0.4) is 0 Å². The maximum atomic E-state index is 12.2. The van der Waals surface area contributed by atoms with Gasteiger partial charge in [-0.2, -0.15) is 0 Å². The highest BCUT2D eigenvalue weighted by atomic mass is 16.3. The summed E-state index contributed by atoms with van der Waals surface area (Å²) in [6.45, 7) is 2.02. The average molecular weight is 316 g/mol. The van der Waals surface area contributed by atoms with Crippen molar-refractivity contribution in [1.29, 1.82) is 0 Å². The van der Waals surface area contributed by atoms with Crippen LogP contribution in [0, 0.1) is 35.0 Å². The molecule has 0 aromatic heterocycles. The molecule has 4 aliphatic carbocycles. The molecule has 3 saturated carbocycles. The largest absolute Gasteiger partial charge is 0.389 e. The van der Waals surface area contributed by atoms with Crippen molar-refractivity contribution in [3.05, 3.63) is 11.6 Å². The number of Topliss-reactive ketones (excluding diaryl/α,β-unsaturated/α-hetero) is 1. The molecule has 4 aliphatic rings. The fourth-order valence-electron chi connectivity index (χ4n) is 6.82. The van der Waals surface area contributed by atoms with Gasteiger partial charge in [0.15, 0.2) is 11.6 Å². The van der Waals surface area contributed by atoms with Crippen molar-refractivity contribution in [2.45, 2.75) is 58.3 Å². The van der Waals surface area contributed by atoms with Crippen LogP contribution in [0.25, 0.3) is 0 Å². The number of aliphatic hydroxyl groups is 1. The van der Waals surface area contributed by atoms with E-state index in [0.717, 1.165) is 50.4 Å². The normalized spacial score (nSPS) is 45.7. The number of aliphatic hydroxyl groups excluding tert-OH is 1. The summed E-state index contributed by atoms with van der Waals surface area (Å²) in [5.74, 6) is 3.18. The lowest BCUT2D eigenvalue weighted by atomic mass is 9.51. The highest BCUT2D eigenvalue weighted by Crippen LogP contribution is 2.63. The molecule has 126 valence electrons. The molecule has 0 aliphatic heterocycles. The lowest BCUT2D eigenvalue weighted by Crippen LogP contribution is -2.47. The first-order valence-electron chi connectivity index (χ1n) is 9.41. The van der Waals surface area contributed by atoms with E-state index in [-0.39, 0.29) is 23.7 Å². The predicted octanol–water partition coefficient (Wildman–Crippen LogP) is 3.31. The second-order valence-corrected chi connectivity index (χ2v) is 8.60. The summed E-state index contributed by atoms with van der Waals surface area (Å²) < 4.78 is 0. The first-order valence-corrected chi connectivity index (χ1v) is 9.41. The maximum Gasteiger partial charge on any atom is 0.161 e. The molecule has 0 bridgehead atoms. The van der Waals surface area contributed by atoms with E-state index in [4.69, 9.17) is 0 Å². The SMILES string of the molecule is C[C@]12CC[C@H]3[C@H](CCC4=CC(=O)CC[C@H]43)[C@H]1CC[C@H]2C(=O)CO. The van der Waals surface area contributed by atoms with Gasteiger partial charge in [0.05, 0.1) is 0 Å². The van der Waals surface area contributed by atoms with Crippen molar-refractivity contribution in [2.75, 3.05) is 6.61 Å². The van der Waals surface area contributed by atoms with Crippen molar-refractivity contribution < 1.29 is 14.7 Å². The standard InChI is InChI=1S/C20H28O3/c1-20-9-8-15-14-5-3-13(22)10-12(14)2-4-16(15)17(20)6-7-18(20)19(23)11-21/h10,14-18,21H,2-9,11H2,1H3/t14-,15-,16+,17-,18+,20+/m1/s1. The van der Waals surface area contributed by atoms with Gasteiger partial charge < -0.3 is 5.11 Å². The van der Waals surface area contributed by atoms with Crippen LogP contribution in [0.2, 0.25) is 0 Å². The molecule has 0 spiro atoms. The molecule has 0 heterocycles. The molecule has 23 heavy (non-hydrogen) atoms. The van der Waals surface area contributed by atoms with E-state index in [1.165, 1.54) is 18.4 Å². The minimum Gasteiger partial charge on any atom is -0.389 e. The van der Waals surface area contributed by atoms with Crippen LogP contribution in [0.1, 0.15) is 58.3 Å². The van der Waals surface area contributed by atoms with Crippen molar-refractivity contribution in [1.82, 2.24) is 0 Å². The number of rotatable bonds is 2. The fourth-order valence-corrected chi connectivity index (χ4v) is 6.82. The zero-order valence-electron chi connectivity index (χ0n) is 14.1. The molecule has 0 radical (unpaired) electrons. The minimum atomic E-state index is -0.293. The number of fused-ring (bicyclic) bond motifs is 5. The van der Waals surface area contributed by atoms with Gasteiger partial charge in [0.2, 0.25) is 0 Å². The number of hydrogen-bond donors (Lipinski definition) is 1. The van der Waals surface area contributed by atoms with Gasteiger partial charge in [0.1, 0.15) is 6.61 Å². The second-order valence-electron chi connectivity index (χ2n) is 8.60. The first-order chi connectivity index (χ1) is 11.0. The molecule has 0 amide bonds. The van der Waals surface area contributed by atoms with Crippen molar-refractivity contribution >= 4 is 11.6 Å². The van der Waals surface area contributed by atoms with Gasteiger partial charge >= 0.3 is 0 Å². The molecule has 6 atom stereocenters. The Balaban J connectivity index is 1.60. The van der Waals surface area contributed by atoms with Gasteiger partial charge in [-0.15, -0.1) is 0 Å². The smallest absolute Gasteiger partial charge is 0.161 e. The van der Waals surface area contributed by atoms with E-state index in [1.54, 1.807) is 0 Å². The van der Waals surface area contributed by atoms with Crippen LogP contribution in [-0.2, 0) is 9.59 Å². The molecular formula is C20H28O3. The molecule has 0 aromatic rings. The number of carbonyl (C=O) groups excluding carboxylic acids is 2. The molecule has 3 heteroatoms. The van der Waals surface area contributed by atoms with E-state index in [0.29, 0.717) is 17.6 Å². The van der Waals surface area contributed by atoms with Gasteiger partial charge in [-0.3, -0.25) is 9.59 Å². The maximum absolute atomic E-state index is 12.2. The monoisotopic (exact) mass is 316 g/mol. The Hall–Kier alpha value is -0.960. The van der Waals surface area contributed by atoms with Gasteiger partial charge in [-0.05, 0) is 80.1 Å². The van der Waals surface area contributed by atoms with Gasteiger partial charge in [0.25, 0.3) is 0 Å². The topological polar surface area (TPSA) is 54.4 Å². The summed E-state index contributed by atoms with van der Waals surface area (Å²) in [7, 11) is 0. The van der Waals surface area contributed by atoms with Gasteiger partial charge in [0, 0.05) is 12.3 Å². The lowest BCUT2D eigenvalue weighted by Gasteiger charge is -2.53. The van der Waals surface area contributed by atoms with E-state index in [9.17, 15) is 14.7 Å². The summed E-state index contributed by atoms with van der Waals surface area (Å²) in [6.07, 6.45) is 10.4. The number of ketones is 2. The summed E-state index contributed by atoms with van der Waals surface area (Å²) in [5, 5.41) is 9.32. The lowest BCUT2D eigenvalue weighted by molar-refractivity contribution is -0.132. The predicted molar refractivity (Wildman–Crippen MR) is 87.7 cm³/mol. The van der Waals surface area contributed by atoms with Gasteiger partial charge in [-0.25, -0.2) is 0 Å². The third-order valence-corrected chi connectivity index (χ3v) is 7.84. The van der Waals surface area contributed by atoms with Gasteiger partial charge in [-0.1, -0.05) is 12.5 Å². The highest BCUT2D eigenvalue weighted by Gasteiger charge is 2.57. The quantitative estimate of drug-likeness (QED) is 0.850. The van der Waals surface area contributed by atoms with Crippen molar-refractivity contribution in [3.63, 3.8) is 0 Å². The van der Waals surface area contributed by atoms with Crippen LogP contribution in [0.5, 0.6) is 0 Å². The van der Waals surface area contributed by atoms with E-state index < -0.39 is 0 Å². The van der Waals surface area contributed by atoms with Crippen LogP contribution < -0.4 is 0 Å². The molecule has 4 rings (SSSR count). The Labute approximate surface area is 138 Å². The average Bonchev–Trinajstić information content (AvgIpc) is 2.90. The first kappa shape index (κ1) is 15.6. The molecule has 3 fully saturated rings. The highest BCUT2D eigenvalue weighted by molar-refractivity contribution is 5.91. The summed E-state index contributed by atoms with van der Waals surface area (Å²) in [4.78, 5) is 23.9.